The summed E-state index contributed by atoms with van der Waals surface area (Å²) in [6, 6.07) is 0. The summed E-state index contributed by atoms with van der Waals surface area (Å²) in [4.78, 5) is 3.14. The summed E-state index contributed by atoms with van der Waals surface area (Å²) >= 11 is 4.94. The molecule has 0 aliphatic carbocycles. The molecule has 0 saturated carbocycles. The first-order chi connectivity index (χ1) is 3.72. The summed E-state index contributed by atoms with van der Waals surface area (Å²) < 4.78 is 0. The number of hydrogen-bond acceptors (Lipinski definition) is 1. The van der Waals surface area contributed by atoms with Crippen LogP contribution >= 0.6 is 12.2 Å². The van der Waals surface area contributed by atoms with Crippen molar-refractivity contribution in [1.82, 2.24) is 4.90 Å². The van der Waals surface area contributed by atoms with Crippen LogP contribution in [0.3, 0.4) is 0 Å². The molecular formula is C6H13NS. The molecule has 1 nitrogen and oxygen atoms in total. The molecule has 0 aromatic rings. The topological polar surface area (TPSA) is 3.24 Å². The van der Waals surface area contributed by atoms with Gasteiger partial charge in [-0.05, 0) is 20.8 Å². The van der Waals surface area contributed by atoms with Crippen LogP contribution in [0.25, 0.3) is 0 Å². The van der Waals surface area contributed by atoms with Crippen LogP contribution in [0.5, 0.6) is 0 Å². The van der Waals surface area contributed by atoms with Crippen LogP contribution in [0.15, 0.2) is 0 Å². The first kappa shape index (κ1) is 7.89. The molecule has 0 N–H and O–H groups in total. The molecule has 0 aliphatic heterocycles. The van der Waals surface area contributed by atoms with E-state index >= 15 is 0 Å². The lowest BCUT2D eigenvalue weighted by Crippen LogP contribution is -2.26. The number of rotatable bonds is 2. The fourth-order valence-corrected chi connectivity index (χ4v) is 0.927. The lowest BCUT2D eigenvalue weighted by molar-refractivity contribution is 0.471. The van der Waals surface area contributed by atoms with Gasteiger partial charge in [-0.25, -0.2) is 0 Å². The molecule has 0 saturated heterocycles. The molecule has 8 heavy (non-hydrogen) atoms. The van der Waals surface area contributed by atoms with E-state index in [0.29, 0.717) is 0 Å². The third-order valence-corrected chi connectivity index (χ3v) is 1.47. The zero-order valence-electron chi connectivity index (χ0n) is 5.77. The van der Waals surface area contributed by atoms with Gasteiger partial charge in [-0.3, -0.25) is 0 Å². The van der Waals surface area contributed by atoms with Gasteiger partial charge in [-0.15, -0.1) is 0 Å². The Kier molecular flexibility index (Phi) is 3.79. The molecule has 0 aromatic carbocycles. The van der Waals surface area contributed by atoms with Gasteiger partial charge in [0.15, 0.2) is 0 Å². The standard InChI is InChI=1S/C6H13NS/c1-4-7(5-2)6(3)8/h4-5H2,1-3H3. The van der Waals surface area contributed by atoms with E-state index in [9.17, 15) is 0 Å². The third-order valence-electron chi connectivity index (χ3n) is 1.21. The maximum atomic E-state index is 4.94. The minimum Gasteiger partial charge on any atom is -0.367 e. The van der Waals surface area contributed by atoms with E-state index in [1.165, 1.54) is 0 Å². The third kappa shape index (κ3) is 2.26. The first-order valence-corrected chi connectivity index (χ1v) is 3.38. The normalized spacial score (nSPS) is 8.88. The van der Waals surface area contributed by atoms with Crippen molar-refractivity contribution in [2.45, 2.75) is 20.8 Å². The van der Waals surface area contributed by atoms with Gasteiger partial charge in [0, 0.05) is 13.1 Å². The fraction of sp³-hybridized carbons (Fsp3) is 0.833. The Labute approximate surface area is 56.7 Å². The summed E-state index contributed by atoms with van der Waals surface area (Å²) in [5.41, 5.74) is 0. The Hall–Kier alpha value is -0.110. The molecule has 48 valence electrons. The summed E-state index contributed by atoms with van der Waals surface area (Å²) in [6.45, 7) is 8.25. The van der Waals surface area contributed by atoms with Gasteiger partial charge in [0.25, 0.3) is 0 Å². The van der Waals surface area contributed by atoms with Crippen LogP contribution in [-0.4, -0.2) is 23.0 Å². The molecule has 0 aromatic heterocycles. The summed E-state index contributed by atoms with van der Waals surface area (Å²) in [5, 5.41) is 0. The predicted molar refractivity (Wildman–Crippen MR) is 41.2 cm³/mol. The monoisotopic (exact) mass is 131 g/mol. The smallest absolute Gasteiger partial charge is 0.0747 e. The molecule has 0 bridgehead atoms. The molecule has 0 radical (unpaired) electrons. The maximum Gasteiger partial charge on any atom is 0.0747 e. The zero-order valence-corrected chi connectivity index (χ0v) is 6.59. The van der Waals surface area contributed by atoms with Crippen LogP contribution < -0.4 is 0 Å². The van der Waals surface area contributed by atoms with Crippen LogP contribution in [0.1, 0.15) is 20.8 Å². The van der Waals surface area contributed by atoms with Crippen molar-refractivity contribution in [3.63, 3.8) is 0 Å². The quantitative estimate of drug-likeness (QED) is 0.524. The zero-order chi connectivity index (χ0) is 6.57. The molecule has 0 atom stereocenters. The van der Waals surface area contributed by atoms with Crippen molar-refractivity contribution in [2.75, 3.05) is 13.1 Å². The van der Waals surface area contributed by atoms with Crippen molar-refractivity contribution >= 4 is 17.2 Å². The SMILES string of the molecule is CCN(CC)C(C)=S. The fourth-order valence-electron chi connectivity index (χ4n) is 0.669. The molecule has 0 heterocycles. The molecule has 0 unspecified atom stereocenters. The van der Waals surface area contributed by atoms with E-state index in [2.05, 4.69) is 18.7 Å². The number of nitrogens with zero attached hydrogens (tertiary/aromatic N) is 1. The Bertz CT molecular complexity index is 76.6. The largest absolute Gasteiger partial charge is 0.367 e. The van der Waals surface area contributed by atoms with E-state index in [4.69, 9.17) is 12.2 Å². The average molecular weight is 131 g/mol. The molecule has 0 fully saturated rings. The Morgan fingerprint density at radius 1 is 1.38 bits per heavy atom. The Morgan fingerprint density at radius 3 is 1.75 bits per heavy atom. The van der Waals surface area contributed by atoms with Gasteiger partial charge < -0.3 is 4.90 Å². The van der Waals surface area contributed by atoms with Gasteiger partial charge in [0.1, 0.15) is 0 Å². The minimum atomic E-state index is 0.995. The van der Waals surface area contributed by atoms with E-state index in [1.807, 2.05) is 6.92 Å². The average Bonchev–Trinajstić information content (AvgIpc) is 1.69. The summed E-state index contributed by atoms with van der Waals surface area (Å²) in [6.07, 6.45) is 0. The second kappa shape index (κ2) is 3.84. The van der Waals surface area contributed by atoms with Gasteiger partial charge in [0.05, 0.1) is 4.99 Å². The highest BCUT2D eigenvalue weighted by Gasteiger charge is 1.95. The Morgan fingerprint density at radius 2 is 1.75 bits per heavy atom. The van der Waals surface area contributed by atoms with Gasteiger partial charge in [-0.1, -0.05) is 12.2 Å². The minimum absolute atomic E-state index is 0.995. The van der Waals surface area contributed by atoms with Crippen molar-refractivity contribution in [1.29, 1.82) is 0 Å². The number of thiocarbonyl (C=S) groups is 1. The number of hydrogen-bond donors (Lipinski definition) is 0. The van der Waals surface area contributed by atoms with Gasteiger partial charge in [-0.2, -0.15) is 0 Å². The van der Waals surface area contributed by atoms with E-state index in [-0.39, 0.29) is 0 Å². The van der Waals surface area contributed by atoms with Crippen molar-refractivity contribution in [3.05, 3.63) is 0 Å². The Balaban J connectivity index is 3.52. The molecule has 0 aliphatic rings. The summed E-state index contributed by atoms with van der Waals surface area (Å²) in [7, 11) is 0. The van der Waals surface area contributed by atoms with E-state index in [0.717, 1.165) is 18.1 Å². The van der Waals surface area contributed by atoms with Crippen LogP contribution in [0, 0.1) is 0 Å². The first-order valence-electron chi connectivity index (χ1n) is 2.97. The van der Waals surface area contributed by atoms with Crippen LogP contribution in [-0.2, 0) is 0 Å². The van der Waals surface area contributed by atoms with Crippen molar-refractivity contribution in [2.24, 2.45) is 0 Å². The molecule has 2 heteroatoms. The molecular weight excluding hydrogens is 118 g/mol. The van der Waals surface area contributed by atoms with E-state index < -0.39 is 0 Å². The molecule has 0 amide bonds. The van der Waals surface area contributed by atoms with Crippen molar-refractivity contribution in [3.8, 4) is 0 Å². The van der Waals surface area contributed by atoms with Gasteiger partial charge in [0.2, 0.25) is 0 Å². The highest BCUT2D eigenvalue weighted by Crippen LogP contribution is 1.88. The second-order valence-corrected chi connectivity index (χ2v) is 2.28. The van der Waals surface area contributed by atoms with Crippen LogP contribution in [0.4, 0.5) is 0 Å². The maximum absolute atomic E-state index is 4.94. The molecule has 0 rings (SSSR count). The van der Waals surface area contributed by atoms with Gasteiger partial charge >= 0.3 is 0 Å². The van der Waals surface area contributed by atoms with Crippen LogP contribution in [0.2, 0.25) is 0 Å². The lowest BCUT2D eigenvalue weighted by atomic mass is 10.5. The second-order valence-electron chi connectivity index (χ2n) is 1.69. The highest BCUT2D eigenvalue weighted by atomic mass is 32.1. The predicted octanol–water partition coefficient (Wildman–Crippen LogP) is 1.68. The molecule has 0 spiro atoms. The lowest BCUT2D eigenvalue weighted by Gasteiger charge is -2.17. The highest BCUT2D eigenvalue weighted by molar-refractivity contribution is 7.80. The van der Waals surface area contributed by atoms with Crippen molar-refractivity contribution < 1.29 is 0 Å². The summed E-state index contributed by atoms with van der Waals surface area (Å²) in [5.74, 6) is 0. The van der Waals surface area contributed by atoms with E-state index in [1.54, 1.807) is 0 Å².